The van der Waals surface area contributed by atoms with Gasteiger partial charge in [-0.1, -0.05) is 83.9 Å². The zero-order chi connectivity index (χ0) is 20.1. The van der Waals surface area contributed by atoms with E-state index in [0.29, 0.717) is 16.7 Å². The minimum atomic E-state index is 0.118. The SMILES string of the molecule is Clc1cc(Cl)cc(CO[C@H]2CCCN(Cc3ccccc3)[C@H]2c2ccccc2)c1. The Bertz CT molecular complexity index is 896. The van der Waals surface area contributed by atoms with Crippen LogP contribution in [0.5, 0.6) is 0 Å². The third-order valence-corrected chi connectivity index (χ3v) is 5.87. The van der Waals surface area contributed by atoms with Crippen LogP contribution < -0.4 is 0 Å². The quantitative estimate of drug-likeness (QED) is 0.424. The maximum atomic E-state index is 6.46. The van der Waals surface area contributed by atoms with E-state index in [1.165, 1.54) is 11.1 Å². The number of piperidine rings is 1. The van der Waals surface area contributed by atoms with Crippen molar-refractivity contribution >= 4 is 23.2 Å². The molecule has 0 spiro atoms. The predicted molar refractivity (Wildman–Crippen MR) is 120 cm³/mol. The molecule has 0 N–H and O–H groups in total. The van der Waals surface area contributed by atoms with Gasteiger partial charge in [-0.3, -0.25) is 4.90 Å². The van der Waals surface area contributed by atoms with Gasteiger partial charge < -0.3 is 4.74 Å². The van der Waals surface area contributed by atoms with Crippen molar-refractivity contribution in [3.63, 3.8) is 0 Å². The molecule has 0 radical (unpaired) electrons. The Balaban J connectivity index is 1.55. The number of nitrogens with zero attached hydrogens (tertiary/aromatic N) is 1. The number of likely N-dealkylation sites (tertiary alicyclic amines) is 1. The van der Waals surface area contributed by atoms with Crippen LogP contribution in [0.4, 0.5) is 0 Å². The van der Waals surface area contributed by atoms with Gasteiger partial charge in [-0.2, -0.15) is 0 Å². The van der Waals surface area contributed by atoms with Crippen LogP contribution in [0.3, 0.4) is 0 Å². The molecule has 1 saturated heterocycles. The standard InChI is InChI=1S/C25H25Cl2NO/c26-22-14-20(15-23(27)16-22)18-29-24-12-7-13-28(17-19-8-3-1-4-9-19)25(24)21-10-5-2-6-11-21/h1-6,8-11,14-16,24-25H,7,12-13,17-18H2/t24-,25-/m0/s1. The highest BCUT2D eigenvalue weighted by atomic mass is 35.5. The number of hydrogen-bond donors (Lipinski definition) is 0. The summed E-state index contributed by atoms with van der Waals surface area (Å²) in [5, 5.41) is 1.29. The van der Waals surface area contributed by atoms with Crippen molar-refractivity contribution in [2.45, 2.75) is 38.1 Å². The molecule has 2 nitrogen and oxygen atoms in total. The van der Waals surface area contributed by atoms with Crippen molar-refractivity contribution in [1.82, 2.24) is 4.90 Å². The maximum absolute atomic E-state index is 6.46. The normalized spacial score (nSPS) is 19.9. The molecule has 1 aliphatic heterocycles. The van der Waals surface area contributed by atoms with Crippen molar-refractivity contribution < 1.29 is 4.74 Å². The number of hydrogen-bond acceptors (Lipinski definition) is 2. The number of benzene rings is 3. The second-order valence-electron chi connectivity index (χ2n) is 7.58. The average molecular weight is 426 g/mol. The Kier molecular flexibility index (Phi) is 6.89. The zero-order valence-electron chi connectivity index (χ0n) is 16.3. The number of halogens is 2. The molecule has 1 heterocycles. The zero-order valence-corrected chi connectivity index (χ0v) is 17.8. The van der Waals surface area contributed by atoms with Crippen LogP contribution >= 0.6 is 23.2 Å². The summed E-state index contributed by atoms with van der Waals surface area (Å²) in [6.07, 6.45) is 2.28. The third kappa shape index (κ3) is 5.40. The first-order chi connectivity index (χ1) is 14.2. The van der Waals surface area contributed by atoms with Gasteiger partial charge in [0.25, 0.3) is 0 Å². The van der Waals surface area contributed by atoms with Crippen molar-refractivity contribution in [2.24, 2.45) is 0 Å². The Morgan fingerprint density at radius 1 is 0.828 bits per heavy atom. The molecule has 2 atom stereocenters. The molecule has 0 saturated carbocycles. The molecule has 0 aromatic heterocycles. The Morgan fingerprint density at radius 3 is 2.17 bits per heavy atom. The largest absolute Gasteiger partial charge is 0.372 e. The highest BCUT2D eigenvalue weighted by Crippen LogP contribution is 2.35. The molecule has 4 heteroatoms. The van der Waals surface area contributed by atoms with Crippen molar-refractivity contribution in [3.8, 4) is 0 Å². The van der Waals surface area contributed by atoms with Crippen LogP contribution in [0.2, 0.25) is 10.0 Å². The van der Waals surface area contributed by atoms with Crippen molar-refractivity contribution in [2.75, 3.05) is 6.54 Å². The lowest BCUT2D eigenvalue weighted by Gasteiger charge is -2.41. The summed E-state index contributed by atoms with van der Waals surface area (Å²) in [7, 11) is 0. The first-order valence-electron chi connectivity index (χ1n) is 10.1. The van der Waals surface area contributed by atoms with Gasteiger partial charge in [-0.25, -0.2) is 0 Å². The second kappa shape index (κ2) is 9.77. The van der Waals surface area contributed by atoms with Crippen LogP contribution in [0.25, 0.3) is 0 Å². The fraction of sp³-hybridized carbons (Fsp3) is 0.280. The van der Waals surface area contributed by atoms with E-state index >= 15 is 0 Å². The van der Waals surface area contributed by atoms with E-state index in [0.717, 1.165) is 31.5 Å². The Labute approximate surface area is 183 Å². The summed E-state index contributed by atoms with van der Waals surface area (Å²) in [5.41, 5.74) is 3.64. The van der Waals surface area contributed by atoms with E-state index in [1.807, 2.05) is 12.1 Å². The first-order valence-corrected chi connectivity index (χ1v) is 10.8. The van der Waals surface area contributed by atoms with Crippen LogP contribution in [-0.2, 0) is 17.9 Å². The van der Waals surface area contributed by atoms with Crippen LogP contribution in [0, 0.1) is 0 Å². The smallest absolute Gasteiger partial charge is 0.0777 e. The molecule has 0 amide bonds. The van der Waals surface area contributed by atoms with Gasteiger partial charge in [0.2, 0.25) is 0 Å². The van der Waals surface area contributed by atoms with Gasteiger partial charge in [-0.05, 0) is 54.3 Å². The Morgan fingerprint density at radius 2 is 1.48 bits per heavy atom. The summed E-state index contributed by atoms with van der Waals surface area (Å²) >= 11 is 12.3. The number of rotatable bonds is 6. The predicted octanol–water partition coefficient (Wildman–Crippen LogP) is 6.92. The lowest BCUT2D eigenvalue weighted by atomic mass is 9.91. The van der Waals surface area contributed by atoms with E-state index < -0.39 is 0 Å². The van der Waals surface area contributed by atoms with E-state index in [4.69, 9.17) is 27.9 Å². The molecule has 1 fully saturated rings. The highest BCUT2D eigenvalue weighted by molar-refractivity contribution is 6.34. The monoisotopic (exact) mass is 425 g/mol. The van der Waals surface area contributed by atoms with E-state index in [-0.39, 0.29) is 12.1 Å². The molecular formula is C25H25Cl2NO. The highest BCUT2D eigenvalue weighted by Gasteiger charge is 2.33. The van der Waals surface area contributed by atoms with Crippen LogP contribution in [0.1, 0.15) is 35.6 Å². The summed E-state index contributed by atoms with van der Waals surface area (Å²) < 4.78 is 6.46. The van der Waals surface area contributed by atoms with Gasteiger partial charge in [0, 0.05) is 16.6 Å². The van der Waals surface area contributed by atoms with Gasteiger partial charge in [0.05, 0.1) is 18.8 Å². The van der Waals surface area contributed by atoms with E-state index in [9.17, 15) is 0 Å². The fourth-order valence-electron chi connectivity index (χ4n) is 4.17. The van der Waals surface area contributed by atoms with Crippen molar-refractivity contribution in [3.05, 3.63) is 106 Å². The molecule has 3 aromatic rings. The minimum Gasteiger partial charge on any atom is -0.372 e. The van der Waals surface area contributed by atoms with Crippen LogP contribution in [0.15, 0.2) is 78.9 Å². The molecule has 0 bridgehead atoms. The molecule has 29 heavy (non-hydrogen) atoms. The van der Waals surface area contributed by atoms with Gasteiger partial charge in [-0.15, -0.1) is 0 Å². The van der Waals surface area contributed by atoms with Gasteiger partial charge in [0.1, 0.15) is 0 Å². The second-order valence-corrected chi connectivity index (χ2v) is 8.45. The summed E-state index contributed by atoms with van der Waals surface area (Å²) in [6, 6.07) is 27.2. The lowest BCUT2D eigenvalue weighted by molar-refractivity contribution is -0.0553. The van der Waals surface area contributed by atoms with Gasteiger partial charge in [0.15, 0.2) is 0 Å². The lowest BCUT2D eigenvalue weighted by Crippen LogP contribution is -2.42. The van der Waals surface area contributed by atoms with Crippen LogP contribution in [-0.4, -0.2) is 17.5 Å². The molecule has 0 aliphatic carbocycles. The minimum absolute atomic E-state index is 0.118. The fourth-order valence-corrected chi connectivity index (χ4v) is 4.74. The third-order valence-electron chi connectivity index (χ3n) is 5.44. The molecule has 4 rings (SSSR count). The molecule has 0 unspecified atom stereocenters. The summed E-state index contributed by atoms with van der Waals surface area (Å²) in [4.78, 5) is 2.55. The summed E-state index contributed by atoms with van der Waals surface area (Å²) in [6.45, 7) is 2.49. The molecule has 1 aliphatic rings. The van der Waals surface area contributed by atoms with E-state index in [2.05, 4.69) is 65.6 Å². The molecular weight excluding hydrogens is 401 g/mol. The van der Waals surface area contributed by atoms with Gasteiger partial charge >= 0.3 is 0 Å². The topological polar surface area (TPSA) is 12.5 Å². The molecule has 3 aromatic carbocycles. The summed E-state index contributed by atoms with van der Waals surface area (Å²) in [5.74, 6) is 0. The first kappa shape index (κ1) is 20.4. The van der Waals surface area contributed by atoms with E-state index in [1.54, 1.807) is 6.07 Å². The maximum Gasteiger partial charge on any atom is 0.0777 e. The molecule has 150 valence electrons. The van der Waals surface area contributed by atoms with Crippen molar-refractivity contribution in [1.29, 1.82) is 0 Å². The Hall–Kier alpha value is -1.84. The number of ether oxygens (including phenoxy) is 1. The average Bonchev–Trinajstić information content (AvgIpc) is 2.73.